The van der Waals surface area contributed by atoms with Crippen LogP contribution in [0.2, 0.25) is 0 Å². The van der Waals surface area contributed by atoms with E-state index in [2.05, 4.69) is 0 Å². The lowest BCUT2D eigenvalue weighted by Gasteiger charge is -2.36. The third-order valence-electron chi connectivity index (χ3n) is 4.20. The SMILES string of the molecule is Cc1ccc(N)c(S(=O)C2CCOC3(CCOC3)C2)c1. The molecule has 2 aliphatic rings. The monoisotopic (exact) mass is 295 g/mol. The van der Waals surface area contributed by atoms with E-state index in [1.807, 2.05) is 25.1 Å². The lowest BCUT2D eigenvalue weighted by Crippen LogP contribution is -2.43. The van der Waals surface area contributed by atoms with Gasteiger partial charge < -0.3 is 15.2 Å². The van der Waals surface area contributed by atoms with Crippen LogP contribution in [0, 0.1) is 6.92 Å². The first-order valence-corrected chi connectivity index (χ1v) is 8.29. The van der Waals surface area contributed by atoms with Gasteiger partial charge in [0.2, 0.25) is 0 Å². The number of benzene rings is 1. The van der Waals surface area contributed by atoms with Gasteiger partial charge in [0.25, 0.3) is 0 Å². The molecule has 5 heteroatoms. The van der Waals surface area contributed by atoms with Gasteiger partial charge in [-0.25, -0.2) is 0 Å². The molecule has 20 heavy (non-hydrogen) atoms. The van der Waals surface area contributed by atoms with Crippen molar-refractivity contribution in [3.63, 3.8) is 0 Å². The van der Waals surface area contributed by atoms with Crippen LogP contribution in [0.1, 0.15) is 24.8 Å². The maximum Gasteiger partial charge on any atom is 0.0948 e. The first-order valence-electron chi connectivity index (χ1n) is 7.08. The van der Waals surface area contributed by atoms with Gasteiger partial charge in [0.05, 0.1) is 27.9 Å². The highest BCUT2D eigenvalue weighted by molar-refractivity contribution is 7.85. The molecule has 2 fully saturated rings. The van der Waals surface area contributed by atoms with Gasteiger partial charge in [0.15, 0.2) is 0 Å². The van der Waals surface area contributed by atoms with Crippen molar-refractivity contribution in [1.29, 1.82) is 0 Å². The molecule has 0 bridgehead atoms. The predicted octanol–water partition coefficient (Wildman–Crippen LogP) is 2.02. The lowest BCUT2D eigenvalue weighted by atomic mass is 9.93. The molecular formula is C15H21NO3S. The molecule has 0 amide bonds. The zero-order valence-corrected chi connectivity index (χ0v) is 12.6. The maximum atomic E-state index is 12.8. The Morgan fingerprint density at radius 3 is 3.00 bits per heavy atom. The van der Waals surface area contributed by atoms with Crippen molar-refractivity contribution in [3.8, 4) is 0 Å². The van der Waals surface area contributed by atoms with E-state index >= 15 is 0 Å². The molecule has 0 radical (unpaired) electrons. The highest BCUT2D eigenvalue weighted by Crippen LogP contribution is 2.36. The van der Waals surface area contributed by atoms with Crippen LogP contribution >= 0.6 is 0 Å². The van der Waals surface area contributed by atoms with Gasteiger partial charge >= 0.3 is 0 Å². The minimum Gasteiger partial charge on any atom is -0.398 e. The molecule has 3 rings (SSSR count). The third kappa shape index (κ3) is 2.62. The Kier molecular flexibility index (Phi) is 3.84. The second-order valence-corrected chi connectivity index (χ2v) is 7.49. The van der Waals surface area contributed by atoms with Crippen LogP contribution < -0.4 is 5.73 Å². The Morgan fingerprint density at radius 2 is 2.25 bits per heavy atom. The van der Waals surface area contributed by atoms with Gasteiger partial charge in [-0.1, -0.05) is 6.07 Å². The van der Waals surface area contributed by atoms with E-state index < -0.39 is 10.8 Å². The van der Waals surface area contributed by atoms with Gasteiger partial charge in [-0.2, -0.15) is 0 Å². The van der Waals surface area contributed by atoms with Crippen molar-refractivity contribution >= 4 is 16.5 Å². The third-order valence-corrected chi connectivity index (χ3v) is 6.00. The van der Waals surface area contributed by atoms with Crippen LogP contribution in [-0.2, 0) is 20.3 Å². The molecular weight excluding hydrogens is 274 g/mol. The average Bonchev–Trinajstić information content (AvgIpc) is 2.88. The van der Waals surface area contributed by atoms with Gasteiger partial charge in [-0.05, 0) is 37.5 Å². The summed E-state index contributed by atoms with van der Waals surface area (Å²) in [5.41, 5.74) is 7.50. The fourth-order valence-corrected chi connectivity index (χ4v) is 4.75. The molecule has 2 heterocycles. The second kappa shape index (κ2) is 5.47. The maximum absolute atomic E-state index is 12.8. The molecule has 2 N–H and O–H groups in total. The van der Waals surface area contributed by atoms with E-state index in [0.717, 1.165) is 36.3 Å². The summed E-state index contributed by atoms with van der Waals surface area (Å²) in [5, 5.41) is 0.106. The molecule has 0 saturated carbocycles. The molecule has 4 nitrogen and oxygen atoms in total. The average molecular weight is 295 g/mol. The van der Waals surface area contributed by atoms with Crippen LogP contribution in [0.4, 0.5) is 5.69 Å². The van der Waals surface area contributed by atoms with Crippen molar-refractivity contribution in [2.45, 2.75) is 41.9 Å². The summed E-state index contributed by atoms with van der Waals surface area (Å²) in [6, 6.07) is 5.74. The van der Waals surface area contributed by atoms with Crippen molar-refractivity contribution in [2.24, 2.45) is 0 Å². The minimum atomic E-state index is -1.07. The second-order valence-electron chi connectivity index (χ2n) is 5.79. The number of nitrogen functional groups attached to an aromatic ring is 1. The fraction of sp³-hybridized carbons (Fsp3) is 0.600. The Balaban J connectivity index is 1.81. The standard InChI is InChI=1S/C15H21NO3S/c1-11-2-3-13(16)14(8-11)20(17)12-4-6-19-15(9-12)5-7-18-10-15/h2-3,8,12H,4-7,9-10,16H2,1H3. The molecule has 0 aromatic heterocycles. The summed E-state index contributed by atoms with van der Waals surface area (Å²) in [7, 11) is -1.07. The molecule has 1 spiro atoms. The number of nitrogens with two attached hydrogens (primary N) is 1. The zero-order valence-electron chi connectivity index (χ0n) is 11.8. The summed E-state index contributed by atoms with van der Waals surface area (Å²) >= 11 is 0. The molecule has 2 aliphatic heterocycles. The summed E-state index contributed by atoms with van der Waals surface area (Å²) < 4.78 is 24.2. The molecule has 1 aromatic carbocycles. The highest BCUT2D eigenvalue weighted by Gasteiger charge is 2.43. The number of rotatable bonds is 2. The van der Waals surface area contributed by atoms with Gasteiger partial charge in [-0.15, -0.1) is 0 Å². The molecule has 3 atom stereocenters. The van der Waals surface area contributed by atoms with Gasteiger partial charge in [-0.3, -0.25) is 4.21 Å². The number of ether oxygens (including phenoxy) is 2. The smallest absolute Gasteiger partial charge is 0.0948 e. The van der Waals surface area contributed by atoms with E-state index in [0.29, 0.717) is 18.9 Å². The van der Waals surface area contributed by atoms with Gasteiger partial charge in [0.1, 0.15) is 0 Å². The molecule has 0 aliphatic carbocycles. The quantitative estimate of drug-likeness (QED) is 0.848. The Hall–Kier alpha value is -0.910. The van der Waals surface area contributed by atoms with Crippen molar-refractivity contribution in [3.05, 3.63) is 23.8 Å². The van der Waals surface area contributed by atoms with E-state index in [4.69, 9.17) is 15.2 Å². The van der Waals surface area contributed by atoms with Crippen LogP contribution in [0.3, 0.4) is 0 Å². The number of hydrogen-bond acceptors (Lipinski definition) is 4. The summed E-state index contributed by atoms with van der Waals surface area (Å²) in [5.74, 6) is 0. The van der Waals surface area contributed by atoms with E-state index in [1.165, 1.54) is 0 Å². The van der Waals surface area contributed by atoms with Crippen LogP contribution in [0.5, 0.6) is 0 Å². The summed E-state index contributed by atoms with van der Waals surface area (Å²) in [6.45, 7) is 4.03. The van der Waals surface area contributed by atoms with Crippen molar-refractivity contribution in [2.75, 3.05) is 25.6 Å². The predicted molar refractivity (Wildman–Crippen MR) is 79.1 cm³/mol. The Labute approximate surface area is 122 Å². The number of hydrogen-bond donors (Lipinski definition) is 1. The van der Waals surface area contributed by atoms with Crippen LogP contribution in [0.15, 0.2) is 23.1 Å². The Bertz CT molecular complexity index is 526. The number of aryl methyl sites for hydroxylation is 1. The number of anilines is 1. The largest absolute Gasteiger partial charge is 0.398 e. The highest BCUT2D eigenvalue weighted by atomic mass is 32.2. The molecule has 3 unspecified atom stereocenters. The minimum absolute atomic E-state index is 0.106. The van der Waals surface area contributed by atoms with E-state index in [9.17, 15) is 4.21 Å². The Morgan fingerprint density at radius 1 is 1.40 bits per heavy atom. The zero-order chi connectivity index (χ0) is 14.2. The van der Waals surface area contributed by atoms with Crippen LogP contribution in [-0.4, -0.2) is 34.9 Å². The topological polar surface area (TPSA) is 61.6 Å². The molecule has 110 valence electrons. The first-order chi connectivity index (χ1) is 9.60. The molecule has 1 aromatic rings. The van der Waals surface area contributed by atoms with Crippen molar-refractivity contribution in [1.82, 2.24) is 0 Å². The normalized spacial score (nSPS) is 31.6. The fourth-order valence-electron chi connectivity index (χ4n) is 3.02. The summed E-state index contributed by atoms with van der Waals surface area (Å²) in [6.07, 6.45) is 2.53. The summed E-state index contributed by atoms with van der Waals surface area (Å²) in [4.78, 5) is 0.769. The van der Waals surface area contributed by atoms with E-state index in [1.54, 1.807) is 0 Å². The first kappa shape index (κ1) is 14.0. The van der Waals surface area contributed by atoms with Gasteiger partial charge in [0, 0.05) is 30.6 Å². The molecule has 2 saturated heterocycles. The lowest BCUT2D eigenvalue weighted by molar-refractivity contribution is -0.0774. The van der Waals surface area contributed by atoms with Crippen molar-refractivity contribution < 1.29 is 13.7 Å². The van der Waals surface area contributed by atoms with E-state index in [-0.39, 0.29) is 10.9 Å². The van der Waals surface area contributed by atoms with Crippen LogP contribution in [0.25, 0.3) is 0 Å².